The van der Waals surface area contributed by atoms with Gasteiger partial charge >= 0.3 is 0 Å². The van der Waals surface area contributed by atoms with E-state index in [9.17, 15) is 0 Å². The molecule has 2 N–H and O–H groups in total. The Labute approximate surface area is 71.4 Å². The predicted octanol–water partition coefficient (Wildman–Crippen LogP) is 2.94. The molecule has 0 amide bonds. The quantitative estimate of drug-likeness (QED) is 0.565. The first-order valence-corrected chi connectivity index (χ1v) is 5.05. The SMILES string of the molecule is CCCCCC[C@@H](CC)CN. The minimum Gasteiger partial charge on any atom is -0.330 e. The summed E-state index contributed by atoms with van der Waals surface area (Å²) in [7, 11) is 0. The van der Waals surface area contributed by atoms with Crippen LogP contribution in [0, 0.1) is 5.92 Å². The van der Waals surface area contributed by atoms with E-state index in [-0.39, 0.29) is 0 Å². The summed E-state index contributed by atoms with van der Waals surface area (Å²) >= 11 is 0. The first kappa shape index (κ1) is 11.0. The fraction of sp³-hybridized carbons (Fsp3) is 1.00. The van der Waals surface area contributed by atoms with Crippen molar-refractivity contribution in [1.82, 2.24) is 0 Å². The molecule has 1 heteroatoms. The molecule has 0 aliphatic rings. The van der Waals surface area contributed by atoms with Crippen molar-refractivity contribution < 1.29 is 0 Å². The van der Waals surface area contributed by atoms with E-state index in [1.54, 1.807) is 0 Å². The second-order valence-corrected chi connectivity index (χ2v) is 3.36. The molecule has 0 heterocycles. The molecule has 0 aromatic rings. The Kier molecular flexibility index (Phi) is 8.03. The lowest BCUT2D eigenvalue weighted by Crippen LogP contribution is -2.12. The maximum Gasteiger partial charge on any atom is -0.00490 e. The highest BCUT2D eigenvalue weighted by atomic mass is 14.5. The molecule has 0 rings (SSSR count). The second kappa shape index (κ2) is 8.06. The summed E-state index contributed by atoms with van der Waals surface area (Å²) in [6, 6.07) is 0. The van der Waals surface area contributed by atoms with Crippen LogP contribution in [0.3, 0.4) is 0 Å². The third-order valence-corrected chi connectivity index (χ3v) is 2.38. The van der Waals surface area contributed by atoms with Gasteiger partial charge in [0.1, 0.15) is 0 Å². The van der Waals surface area contributed by atoms with Crippen LogP contribution in [-0.2, 0) is 0 Å². The molecule has 0 saturated carbocycles. The number of unbranched alkanes of at least 4 members (excludes halogenated alkanes) is 3. The normalized spacial score (nSPS) is 13.4. The van der Waals surface area contributed by atoms with Crippen LogP contribution in [0.15, 0.2) is 0 Å². The van der Waals surface area contributed by atoms with E-state index in [1.165, 1.54) is 38.5 Å². The summed E-state index contributed by atoms with van der Waals surface area (Å²) in [6.45, 7) is 5.36. The van der Waals surface area contributed by atoms with Gasteiger partial charge in [0.15, 0.2) is 0 Å². The van der Waals surface area contributed by atoms with Crippen LogP contribution in [0.2, 0.25) is 0 Å². The number of hydrogen-bond acceptors (Lipinski definition) is 1. The molecule has 0 aliphatic carbocycles. The molecular weight excluding hydrogens is 134 g/mol. The van der Waals surface area contributed by atoms with Crippen molar-refractivity contribution in [2.75, 3.05) is 6.54 Å². The fourth-order valence-corrected chi connectivity index (χ4v) is 1.35. The lowest BCUT2D eigenvalue weighted by molar-refractivity contribution is 0.450. The Bertz CT molecular complexity index is 67.3. The van der Waals surface area contributed by atoms with Crippen molar-refractivity contribution in [2.24, 2.45) is 11.7 Å². The highest BCUT2D eigenvalue weighted by Gasteiger charge is 2.01. The van der Waals surface area contributed by atoms with Gasteiger partial charge in [0.05, 0.1) is 0 Å². The summed E-state index contributed by atoms with van der Waals surface area (Å²) in [5.74, 6) is 0.784. The first-order valence-electron chi connectivity index (χ1n) is 5.05. The van der Waals surface area contributed by atoms with E-state index in [0.29, 0.717) is 0 Å². The van der Waals surface area contributed by atoms with Crippen molar-refractivity contribution in [2.45, 2.75) is 52.4 Å². The molecule has 0 radical (unpaired) electrons. The minimum atomic E-state index is 0.784. The van der Waals surface area contributed by atoms with Crippen LogP contribution >= 0.6 is 0 Å². The van der Waals surface area contributed by atoms with Crippen LogP contribution in [0.25, 0.3) is 0 Å². The van der Waals surface area contributed by atoms with E-state index in [2.05, 4.69) is 13.8 Å². The molecule has 0 aromatic carbocycles. The highest BCUT2D eigenvalue weighted by Crippen LogP contribution is 2.12. The summed E-state index contributed by atoms with van der Waals surface area (Å²) < 4.78 is 0. The lowest BCUT2D eigenvalue weighted by Gasteiger charge is -2.10. The molecule has 0 fully saturated rings. The average molecular weight is 157 g/mol. The third kappa shape index (κ3) is 6.36. The average Bonchev–Trinajstić information content (AvgIpc) is 2.05. The third-order valence-electron chi connectivity index (χ3n) is 2.38. The fourth-order valence-electron chi connectivity index (χ4n) is 1.35. The van der Waals surface area contributed by atoms with Gasteiger partial charge in [0.2, 0.25) is 0 Å². The van der Waals surface area contributed by atoms with Gasteiger partial charge < -0.3 is 5.73 Å². The molecular formula is C10H23N. The summed E-state index contributed by atoms with van der Waals surface area (Å²) in [6.07, 6.45) is 8.09. The van der Waals surface area contributed by atoms with E-state index < -0.39 is 0 Å². The second-order valence-electron chi connectivity index (χ2n) is 3.36. The molecule has 68 valence electrons. The van der Waals surface area contributed by atoms with Crippen LogP contribution in [0.5, 0.6) is 0 Å². The topological polar surface area (TPSA) is 26.0 Å². The lowest BCUT2D eigenvalue weighted by atomic mass is 9.99. The van der Waals surface area contributed by atoms with Gasteiger partial charge in [-0.2, -0.15) is 0 Å². The van der Waals surface area contributed by atoms with Crippen molar-refractivity contribution >= 4 is 0 Å². The first-order chi connectivity index (χ1) is 5.35. The van der Waals surface area contributed by atoms with Gasteiger partial charge in [-0.15, -0.1) is 0 Å². The largest absolute Gasteiger partial charge is 0.330 e. The molecule has 1 atom stereocenters. The molecule has 0 spiro atoms. The number of nitrogens with two attached hydrogens (primary N) is 1. The van der Waals surface area contributed by atoms with Crippen molar-refractivity contribution in [3.05, 3.63) is 0 Å². The molecule has 0 aliphatic heterocycles. The smallest absolute Gasteiger partial charge is 0.00490 e. The monoisotopic (exact) mass is 157 g/mol. The maximum atomic E-state index is 5.60. The zero-order chi connectivity index (χ0) is 8.53. The zero-order valence-corrected chi connectivity index (χ0v) is 8.10. The Balaban J connectivity index is 3.07. The molecule has 11 heavy (non-hydrogen) atoms. The summed E-state index contributed by atoms with van der Waals surface area (Å²) in [5.41, 5.74) is 5.60. The van der Waals surface area contributed by atoms with Crippen LogP contribution < -0.4 is 5.73 Å². The van der Waals surface area contributed by atoms with E-state index >= 15 is 0 Å². The van der Waals surface area contributed by atoms with E-state index in [0.717, 1.165) is 12.5 Å². The van der Waals surface area contributed by atoms with Crippen LogP contribution in [0.4, 0.5) is 0 Å². The number of hydrogen-bond donors (Lipinski definition) is 1. The Morgan fingerprint density at radius 3 is 2.27 bits per heavy atom. The highest BCUT2D eigenvalue weighted by molar-refractivity contribution is 4.57. The Morgan fingerprint density at radius 2 is 1.82 bits per heavy atom. The van der Waals surface area contributed by atoms with Crippen molar-refractivity contribution in [3.63, 3.8) is 0 Å². The van der Waals surface area contributed by atoms with Crippen molar-refractivity contribution in [1.29, 1.82) is 0 Å². The zero-order valence-electron chi connectivity index (χ0n) is 8.10. The van der Waals surface area contributed by atoms with Gasteiger partial charge in [-0.1, -0.05) is 46.0 Å². The summed E-state index contributed by atoms with van der Waals surface area (Å²) in [4.78, 5) is 0. The van der Waals surface area contributed by atoms with Gasteiger partial charge in [-0.05, 0) is 18.9 Å². The molecule has 0 bridgehead atoms. The van der Waals surface area contributed by atoms with E-state index in [1.807, 2.05) is 0 Å². The number of rotatable bonds is 7. The van der Waals surface area contributed by atoms with Gasteiger partial charge in [0.25, 0.3) is 0 Å². The van der Waals surface area contributed by atoms with E-state index in [4.69, 9.17) is 5.73 Å². The molecule has 0 saturated heterocycles. The molecule has 1 nitrogen and oxygen atoms in total. The molecule has 0 unspecified atom stereocenters. The predicted molar refractivity (Wildman–Crippen MR) is 51.6 cm³/mol. The van der Waals surface area contributed by atoms with Crippen LogP contribution in [-0.4, -0.2) is 6.54 Å². The van der Waals surface area contributed by atoms with Crippen LogP contribution in [0.1, 0.15) is 52.4 Å². The molecule has 0 aromatic heterocycles. The van der Waals surface area contributed by atoms with Crippen molar-refractivity contribution in [3.8, 4) is 0 Å². The van der Waals surface area contributed by atoms with Gasteiger partial charge in [-0.3, -0.25) is 0 Å². The summed E-state index contributed by atoms with van der Waals surface area (Å²) in [5, 5.41) is 0. The standard InChI is InChI=1S/C10H23N/c1-3-5-6-7-8-10(4-2)9-11/h10H,3-9,11H2,1-2H3/t10-/m1/s1. The minimum absolute atomic E-state index is 0.784. The van der Waals surface area contributed by atoms with Gasteiger partial charge in [0, 0.05) is 0 Å². The maximum absolute atomic E-state index is 5.60. The Hall–Kier alpha value is -0.0400. The van der Waals surface area contributed by atoms with Gasteiger partial charge in [-0.25, -0.2) is 0 Å². The Morgan fingerprint density at radius 1 is 1.09 bits per heavy atom.